The Morgan fingerprint density at radius 1 is 0.939 bits per heavy atom. The van der Waals surface area contributed by atoms with Crippen LogP contribution >= 0.6 is 0 Å². The van der Waals surface area contributed by atoms with Crippen molar-refractivity contribution in [2.24, 2.45) is 5.92 Å². The van der Waals surface area contributed by atoms with E-state index in [2.05, 4.69) is 6.58 Å². The summed E-state index contributed by atoms with van der Waals surface area (Å²) in [7, 11) is 0. The first-order valence-corrected chi connectivity index (χ1v) is 10.7. The van der Waals surface area contributed by atoms with Gasteiger partial charge in [0.25, 0.3) is 0 Å². The highest BCUT2D eigenvalue weighted by atomic mass is 19.1. The topological polar surface area (TPSA) is 46.6 Å². The van der Waals surface area contributed by atoms with Gasteiger partial charge >= 0.3 is 0 Å². The van der Waals surface area contributed by atoms with E-state index in [1.165, 1.54) is 36.4 Å². The van der Waals surface area contributed by atoms with Crippen molar-refractivity contribution in [1.82, 2.24) is 0 Å². The molecule has 0 saturated carbocycles. The zero-order valence-electron chi connectivity index (χ0n) is 17.9. The molecule has 1 saturated heterocycles. The fraction of sp³-hybridized carbons (Fsp3) is 0.185. The van der Waals surface area contributed by atoms with Crippen LogP contribution in [0.15, 0.2) is 85.5 Å². The monoisotopic (exact) mass is 447 g/mol. The van der Waals surface area contributed by atoms with Crippen LogP contribution in [0.25, 0.3) is 0 Å². The van der Waals surface area contributed by atoms with E-state index in [4.69, 9.17) is 4.74 Å². The highest BCUT2D eigenvalue weighted by Gasteiger charge is 2.48. The summed E-state index contributed by atoms with van der Waals surface area (Å²) in [6.07, 6.45) is 2.17. The van der Waals surface area contributed by atoms with Gasteiger partial charge in [-0.05, 0) is 72.6 Å². The Hall–Kier alpha value is -3.80. The molecule has 0 spiro atoms. The van der Waals surface area contributed by atoms with E-state index in [-0.39, 0.29) is 30.0 Å². The summed E-state index contributed by atoms with van der Waals surface area (Å²) in [5.74, 6) is -0.773. The third-order valence-corrected chi connectivity index (χ3v) is 5.76. The lowest BCUT2D eigenvalue weighted by atomic mass is 9.78. The Morgan fingerprint density at radius 2 is 1.55 bits per heavy atom. The van der Waals surface area contributed by atoms with Crippen molar-refractivity contribution in [3.63, 3.8) is 0 Å². The molecule has 0 radical (unpaired) electrons. The molecule has 0 aliphatic carbocycles. The number of anilines is 1. The van der Waals surface area contributed by atoms with E-state index in [1.807, 2.05) is 24.3 Å². The van der Waals surface area contributed by atoms with Crippen molar-refractivity contribution >= 4 is 17.4 Å². The molecule has 33 heavy (non-hydrogen) atoms. The summed E-state index contributed by atoms with van der Waals surface area (Å²) < 4.78 is 32.1. The molecule has 6 heteroatoms. The average molecular weight is 447 g/mol. The third-order valence-electron chi connectivity index (χ3n) is 5.76. The van der Waals surface area contributed by atoms with Crippen LogP contribution in [0.3, 0.4) is 0 Å². The number of ether oxygens (including phenoxy) is 1. The number of halogens is 2. The Labute approximate surface area is 191 Å². The van der Waals surface area contributed by atoms with Crippen LogP contribution in [0.1, 0.15) is 34.8 Å². The number of carbonyl (C=O) groups is 2. The van der Waals surface area contributed by atoms with E-state index >= 15 is 0 Å². The zero-order chi connectivity index (χ0) is 23.4. The zero-order valence-corrected chi connectivity index (χ0v) is 17.9. The Bertz CT molecular complexity index is 1140. The van der Waals surface area contributed by atoms with E-state index in [0.29, 0.717) is 30.0 Å². The van der Waals surface area contributed by atoms with Crippen molar-refractivity contribution < 1.29 is 23.1 Å². The molecule has 3 aromatic rings. The van der Waals surface area contributed by atoms with Crippen LogP contribution in [0, 0.1) is 17.6 Å². The molecule has 0 unspecified atom stereocenters. The SMILES string of the molecule is C=CCOc1ccc([C@@H]2[C@@H](CCC(=O)c3ccc(F)cc3)C(=O)N2c2ccc(F)cc2)cc1. The van der Waals surface area contributed by atoms with E-state index in [0.717, 1.165) is 5.56 Å². The van der Waals surface area contributed by atoms with E-state index < -0.39 is 11.7 Å². The average Bonchev–Trinajstić information content (AvgIpc) is 2.83. The van der Waals surface area contributed by atoms with Crippen molar-refractivity contribution in [3.8, 4) is 5.75 Å². The van der Waals surface area contributed by atoms with Gasteiger partial charge in [0, 0.05) is 17.7 Å². The molecule has 1 aliphatic rings. The second kappa shape index (κ2) is 9.77. The number of hydrogen-bond donors (Lipinski definition) is 0. The maximum Gasteiger partial charge on any atom is 0.233 e. The molecule has 0 bridgehead atoms. The minimum absolute atomic E-state index is 0.120. The summed E-state index contributed by atoms with van der Waals surface area (Å²) in [5.41, 5.74) is 1.91. The summed E-state index contributed by atoms with van der Waals surface area (Å²) in [6, 6.07) is 18.3. The van der Waals surface area contributed by atoms with Gasteiger partial charge in [0.1, 0.15) is 24.0 Å². The second-order valence-corrected chi connectivity index (χ2v) is 7.87. The van der Waals surface area contributed by atoms with E-state index in [1.54, 1.807) is 23.1 Å². The molecule has 1 amide bonds. The van der Waals surface area contributed by atoms with Gasteiger partial charge in [0.15, 0.2) is 5.78 Å². The minimum Gasteiger partial charge on any atom is -0.490 e. The minimum atomic E-state index is -0.406. The van der Waals surface area contributed by atoms with Gasteiger partial charge in [0.2, 0.25) is 5.91 Å². The molecule has 1 heterocycles. The highest BCUT2D eigenvalue weighted by Crippen LogP contribution is 2.46. The number of amides is 1. The number of ketones is 1. The maximum atomic E-state index is 13.4. The first kappa shape index (κ1) is 22.4. The molecule has 4 rings (SSSR count). The second-order valence-electron chi connectivity index (χ2n) is 7.87. The Balaban J connectivity index is 1.55. The summed E-state index contributed by atoms with van der Waals surface area (Å²) in [5, 5.41) is 0. The van der Waals surface area contributed by atoms with Crippen LogP contribution in [0.2, 0.25) is 0 Å². The molecule has 1 aliphatic heterocycles. The lowest BCUT2D eigenvalue weighted by Gasteiger charge is -2.47. The molecular weight excluding hydrogens is 424 g/mol. The molecule has 2 atom stereocenters. The number of carbonyl (C=O) groups excluding carboxylic acids is 2. The number of nitrogens with zero attached hydrogens (tertiary/aromatic N) is 1. The fourth-order valence-corrected chi connectivity index (χ4v) is 4.08. The first-order chi connectivity index (χ1) is 16.0. The van der Waals surface area contributed by atoms with Crippen LogP contribution in [-0.4, -0.2) is 18.3 Å². The lowest BCUT2D eigenvalue weighted by Crippen LogP contribution is -2.55. The van der Waals surface area contributed by atoms with Gasteiger partial charge in [-0.3, -0.25) is 9.59 Å². The van der Waals surface area contributed by atoms with Gasteiger partial charge in [-0.2, -0.15) is 0 Å². The summed E-state index contributed by atoms with van der Waals surface area (Å²) in [4.78, 5) is 27.3. The molecule has 3 aromatic carbocycles. The van der Waals surface area contributed by atoms with Crippen LogP contribution in [-0.2, 0) is 4.79 Å². The van der Waals surface area contributed by atoms with Crippen molar-refractivity contribution in [2.75, 3.05) is 11.5 Å². The lowest BCUT2D eigenvalue weighted by molar-refractivity contribution is -0.130. The van der Waals surface area contributed by atoms with Crippen LogP contribution in [0.5, 0.6) is 5.75 Å². The molecule has 4 nitrogen and oxygen atoms in total. The van der Waals surface area contributed by atoms with Gasteiger partial charge in [-0.1, -0.05) is 24.8 Å². The number of rotatable bonds is 9. The van der Waals surface area contributed by atoms with Gasteiger partial charge < -0.3 is 9.64 Å². The third kappa shape index (κ3) is 4.85. The standard InChI is InChI=1S/C27H23F2NO3/c1-2-17-33-23-13-5-19(6-14-23)26-24(15-16-25(31)18-3-7-20(28)8-4-18)27(32)30(26)22-11-9-21(29)10-12-22/h2-14,24,26H,1,15-17H2/t24-,26-/m1/s1. The van der Waals surface area contributed by atoms with Crippen LogP contribution in [0.4, 0.5) is 14.5 Å². The Morgan fingerprint density at radius 3 is 2.15 bits per heavy atom. The van der Waals surface area contributed by atoms with Gasteiger partial charge in [-0.25, -0.2) is 8.78 Å². The van der Waals surface area contributed by atoms with Crippen molar-refractivity contribution in [2.45, 2.75) is 18.9 Å². The van der Waals surface area contributed by atoms with Gasteiger partial charge in [0.05, 0.1) is 12.0 Å². The normalized spacial score (nSPS) is 17.4. The quantitative estimate of drug-likeness (QED) is 0.233. The van der Waals surface area contributed by atoms with E-state index in [9.17, 15) is 18.4 Å². The summed E-state index contributed by atoms with van der Waals surface area (Å²) >= 11 is 0. The predicted octanol–water partition coefficient (Wildman–Crippen LogP) is 5.90. The first-order valence-electron chi connectivity index (χ1n) is 10.7. The number of benzene rings is 3. The number of hydrogen-bond acceptors (Lipinski definition) is 3. The van der Waals surface area contributed by atoms with Gasteiger partial charge in [-0.15, -0.1) is 0 Å². The maximum absolute atomic E-state index is 13.4. The fourth-order valence-electron chi connectivity index (χ4n) is 4.08. The highest BCUT2D eigenvalue weighted by molar-refractivity contribution is 6.04. The largest absolute Gasteiger partial charge is 0.490 e. The smallest absolute Gasteiger partial charge is 0.233 e. The molecule has 168 valence electrons. The molecule has 0 N–H and O–H groups in total. The van der Waals surface area contributed by atoms with Crippen LogP contribution < -0.4 is 9.64 Å². The number of β-lactam (4-membered cyclic amide) rings is 1. The van der Waals surface area contributed by atoms with Crippen molar-refractivity contribution in [1.29, 1.82) is 0 Å². The number of Topliss-reactive ketones (excluding diaryl/α,β-unsaturated/α-hetero) is 1. The molecule has 0 aromatic heterocycles. The molecule has 1 fully saturated rings. The Kier molecular flexibility index (Phi) is 6.63. The molecular formula is C27H23F2NO3. The predicted molar refractivity (Wildman–Crippen MR) is 122 cm³/mol. The van der Waals surface area contributed by atoms with Crippen molar-refractivity contribution in [3.05, 3.63) is 108 Å². The summed E-state index contributed by atoms with van der Waals surface area (Å²) in [6.45, 7) is 4.02.